The number of nitrogens with one attached hydrogen (secondary N) is 1. The predicted octanol–water partition coefficient (Wildman–Crippen LogP) is 4.71. The maximum atomic E-state index is 4.83. The van der Waals surface area contributed by atoms with Crippen molar-refractivity contribution in [2.45, 2.75) is 33.2 Å². The van der Waals surface area contributed by atoms with Gasteiger partial charge in [-0.25, -0.2) is 9.98 Å². The Morgan fingerprint density at radius 2 is 2.00 bits per heavy atom. The van der Waals surface area contributed by atoms with Crippen LogP contribution in [0.5, 0.6) is 0 Å². The zero-order valence-electron chi connectivity index (χ0n) is 15.4. The summed E-state index contributed by atoms with van der Waals surface area (Å²) in [7, 11) is 0. The quantitative estimate of drug-likeness (QED) is 0.390. The van der Waals surface area contributed by atoms with Gasteiger partial charge >= 0.3 is 0 Å². The van der Waals surface area contributed by atoms with Gasteiger partial charge in [-0.05, 0) is 32.3 Å². The van der Waals surface area contributed by atoms with E-state index in [1.54, 1.807) is 11.3 Å². The van der Waals surface area contributed by atoms with E-state index in [-0.39, 0.29) is 24.0 Å². The second kappa shape index (κ2) is 10.7. The minimum absolute atomic E-state index is 0. The van der Waals surface area contributed by atoms with Crippen molar-refractivity contribution >= 4 is 47.3 Å². The Bertz CT molecular complexity index is 729. The van der Waals surface area contributed by atoms with Crippen molar-refractivity contribution in [2.75, 3.05) is 19.6 Å². The number of hydrogen-bond acceptors (Lipinski definition) is 3. The third-order valence-electron chi connectivity index (χ3n) is 4.43. The molecule has 0 atom stereocenters. The molecule has 1 aromatic carbocycles. The molecule has 0 bridgehead atoms. The van der Waals surface area contributed by atoms with Crippen LogP contribution in [0.4, 0.5) is 0 Å². The second-order valence-electron chi connectivity index (χ2n) is 6.23. The lowest BCUT2D eigenvalue weighted by Crippen LogP contribution is -2.44. The average Bonchev–Trinajstić information content (AvgIpc) is 3.05. The first-order valence-corrected chi connectivity index (χ1v) is 9.81. The summed E-state index contributed by atoms with van der Waals surface area (Å²) >= 11 is 1.68. The second-order valence-corrected chi connectivity index (χ2v) is 7.17. The normalized spacial score (nSPS) is 14.8. The van der Waals surface area contributed by atoms with Crippen molar-refractivity contribution in [3.63, 3.8) is 0 Å². The number of aryl methyl sites for hydroxylation is 1. The van der Waals surface area contributed by atoms with Crippen molar-refractivity contribution in [3.8, 4) is 0 Å². The number of piperidine rings is 1. The Kier molecular flexibility index (Phi) is 8.58. The lowest BCUT2D eigenvalue weighted by Gasteiger charge is -2.31. The number of likely N-dealkylation sites (tertiary alicyclic amines) is 1. The first kappa shape index (κ1) is 20.9. The fraction of sp³-hybridized carbons (Fsp3) is 0.400. The van der Waals surface area contributed by atoms with Crippen LogP contribution in [0.25, 0.3) is 6.08 Å². The average molecular weight is 482 g/mol. The molecule has 0 aliphatic carbocycles. The number of benzene rings is 1. The molecule has 0 amide bonds. The van der Waals surface area contributed by atoms with Crippen LogP contribution in [-0.4, -0.2) is 35.5 Å². The zero-order valence-corrected chi connectivity index (χ0v) is 18.6. The Hall–Kier alpha value is -1.41. The van der Waals surface area contributed by atoms with Gasteiger partial charge in [0.15, 0.2) is 5.96 Å². The van der Waals surface area contributed by atoms with Gasteiger partial charge in [0.1, 0.15) is 0 Å². The molecule has 1 fully saturated rings. The van der Waals surface area contributed by atoms with Gasteiger partial charge in [0.05, 0.1) is 17.7 Å². The molecule has 6 heteroatoms. The summed E-state index contributed by atoms with van der Waals surface area (Å²) in [6.07, 6.45) is 4.53. The van der Waals surface area contributed by atoms with Crippen LogP contribution in [0.3, 0.4) is 0 Å². The van der Waals surface area contributed by atoms with E-state index in [9.17, 15) is 0 Å². The Balaban J connectivity index is 0.00000243. The van der Waals surface area contributed by atoms with Gasteiger partial charge in [-0.3, -0.25) is 0 Å². The van der Waals surface area contributed by atoms with Gasteiger partial charge in [0.2, 0.25) is 0 Å². The molecule has 4 nitrogen and oxygen atoms in total. The van der Waals surface area contributed by atoms with Crippen LogP contribution in [0.1, 0.15) is 35.9 Å². The molecule has 1 aromatic heterocycles. The van der Waals surface area contributed by atoms with E-state index in [0.29, 0.717) is 6.54 Å². The molecule has 1 aliphatic heterocycles. The van der Waals surface area contributed by atoms with Crippen LogP contribution < -0.4 is 5.32 Å². The molecule has 0 saturated carbocycles. The van der Waals surface area contributed by atoms with Gasteiger partial charge in [-0.2, -0.15) is 0 Å². The molecule has 26 heavy (non-hydrogen) atoms. The molecule has 0 unspecified atom stereocenters. The lowest BCUT2D eigenvalue weighted by molar-refractivity contribution is 0.375. The molecule has 0 spiro atoms. The predicted molar refractivity (Wildman–Crippen MR) is 122 cm³/mol. The number of hydrogen-bond donors (Lipinski definition) is 1. The monoisotopic (exact) mass is 482 g/mol. The molecule has 1 N–H and O–H groups in total. The molecule has 140 valence electrons. The van der Waals surface area contributed by atoms with Gasteiger partial charge in [0, 0.05) is 24.5 Å². The SMILES string of the molecule is CCNC(=NCc1scnc1C)N1CCC(=Cc2ccccc2)CC1.I. The highest BCUT2D eigenvalue weighted by molar-refractivity contribution is 14.0. The lowest BCUT2D eigenvalue weighted by atomic mass is 10.0. The summed E-state index contributed by atoms with van der Waals surface area (Å²) in [4.78, 5) is 12.8. The summed E-state index contributed by atoms with van der Waals surface area (Å²) in [5, 5.41) is 3.44. The van der Waals surface area contributed by atoms with E-state index in [1.165, 1.54) is 16.0 Å². The molecule has 1 aliphatic rings. The minimum atomic E-state index is 0. The van der Waals surface area contributed by atoms with E-state index in [2.05, 4.69) is 65.5 Å². The van der Waals surface area contributed by atoms with Crippen LogP contribution in [-0.2, 0) is 6.54 Å². The maximum Gasteiger partial charge on any atom is 0.194 e. The van der Waals surface area contributed by atoms with E-state index >= 15 is 0 Å². The minimum Gasteiger partial charge on any atom is -0.357 e. The summed E-state index contributed by atoms with van der Waals surface area (Å²) < 4.78 is 0. The summed E-state index contributed by atoms with van der Waals surface area (Å²) in [6.45, 7) is 7.82. The smallest absolute Gasteiger partial charge is 0.194 e. The largest absolute Gasteiger partial charge is 0.357 e. The molecule has 0 radical (unpaired) electrons. The van der Waals surface area contributed by atoms with Crippen molar-refractivity contribution < 1.29 is 0 Å². The molecular formula is C20H27IN4S. The topological polar surface area (TPSA) is 40.5 Å². The van der Waals surface area contributed by atoms with E-state index < -0.39 is 0 Å². The van der Waals surface area contributed by atoms with Crippen molar-refractivity contribution in [1.82, 2.24) is 15.2 Å². The Morgan fingerprint density at radius 3 is 2.62 bits per heavy atom. The molecule has 2 aromatic rings. The van der Waals surface area contributed by atoms with Crippen molar-refractivity contribution in [3.05, 3.63) is 57.6 Å². The Labute approximate surface area is 177 Å². The maximum absolute atomic E-state index is 4.83. The van der Waals surface area contributed by atoms with Gasteiger partial charge in [-0.15, -0.1) is 35.3 Å². The van der Waals surface area contributed by atoms with Crippen LogP contribution >= 0.6 is 35.3 Å². The number of aliphatic imine (C=N–C) groups is 1. The molecule has 2 heterocycles. The summed E-state index contributed by atoms with van der Waals surface area (Å²) in [5.74, 6) is 1.02. The first-order chi connectivity index (χ1) is 12.3. The number of halogens is 1. The fourth-order valence-electron chi connectivity index (χ4n) is 2.99. The van der Waals surface area contributed by atoms with Crippen LogP contribution in [0.2, 0.25) is 0 Å². The highest BCUT2D eigenvalue weighted by Gasteiger charge is 2.17. The first-order valence-electron chi connectivity index (χ1n) is 8.93. The van der Waals surface area contributed by atoms with E-state index in [0.717, 1.165) is 44.1 Å². The number of aromatic nitrogens is 1. The molecule has 1 saturated heterocycles. The van der Waals surface area contributed by atoms with Crippen LogP contribution in [0.15, 0.2) is 46.4 Å². The zero-order chi connectivity index (χ0) is 17.5. The molecule has 3 rings (SSSR count). The molecular weight excluding hydrogens is 455 g/mol. The van der Waals surface area contributed by atoms with Crippen molar-refractivity contribution in [2.24, 2.45) is 4.99 Å². The van der Waals surface area contributed by atoms with Gasteiger partial charge in [-0.1, -0.05) is 42.0 Å². The fourth-order valence-corrected chi connectivity index (χ4v) is 3.69. The summed E-state index contributed by atoms with van der Waals surface area (Å²) in [5.41, 5.74) is 5.81. The van der Waals surface area contributed by atoms with E-state index in [4.69, 9.17) is 4.99 Å². The van der Waals surface area contributed by atoms with Gasteiger partial charge in [0.25, 0.3) is 0 Å². The highest BCUT2D eigenvalue weighted by Crippen LogP contribution is 2.20. The highest BCUT2D eigenvalue weighted by atomic mass is 127. The van der Waals surface area contributed by atoms with Gasteiger partial charge < -0.3 is 10.2 Å². The number of guanidine groups is 1. The standard InChI is InChI=1S/C20H26N4S.HI/c1-3-21-20(22-14-19-16(2)23-15-25-19)24-11-9-18(10-12-24)13-17-7-5-4-6-8-17;/h4-8,13,15H,3,9-12,14H2,1-2H3,(H,21,22);1H. The summed E-state index contributed by atoms with van der Waals surface area (Å²) in [6, 6.07) is 10.6. The van der Waals surface area contributed by atoms with Crippen LogP contribution in [0, 0.1) is 6.92 Å². The number of rotatable bonds is 4. The third-order valence-corrected chi connectivity index (χ3v) is 5.35. The van der Waals surface area contributed by atoms with E-state index in [1.807, 2.05) is 5.51 Å². The number of nitrogens with zero attached hydrogens (tertiary/aromatic N) is 3. The number of thiazole rings is 1. The third kappa shape index (κ3) is 5.81. The van der Waals surface area contributed by atoms with Crippen molar-refractivity contribution in [1.29, 1.82) is 0 Å². The Morgan fingerprint density at radius 1 is 1.27 bits per heavy atom.